The van der Waals surface area contributed by atoms with Gasteiger partial charge in [0.05, 0.1) is 0 Å². The fourth-order valence-corrected chi connectivity index (χ4v) is 7.66. The summed E-state index contributed by atoms with van der Waals surface area (Å²) in [6.45, 7) is 0. The molecule has 0 unspecified atom stereocenters. The van der Waals surface area contributed by atoms with E-state index in [1.807, 2.05) is 0 Å². The van der Waals surface area contributed by atoms with Gasteiger partial charge in [-0.2, -0.15) is 0 Å². The van der Waals surface area contributed by atoms with Crippen LogP contribution in [0.4, 0.5) is 17.1 Å². The van der Waals surface area contributed by atoms with Crippen molar-refractivity contribution in [1.82, 2.24) is 0 Å². The molecule has 0 heterocycles. The molecule has 9 rings (SSSR count). The Kier molecular flexibility index (Phi) is 8.08. The van der Waals surface area contributed by atoms with E-state index in [2.05, 4.69) is 205 Å². The molecule has 0 aromatic heterocycles. The van der Waals surface area contributed by atoms with Crippen molar-refractivity contribution >= 4 is 17.1 Å². The van der Waals surface area contributed by atoms with Crippen LogP contribution >= 0.6 is 0 Å². The van der Waals surface area contributed by atoms with E-state index >= 15 is 0 Å². The molecule has 1 nitrogen and oxygen atoms in total. The highest BCUT2D eigenvalue weighted by Crippen LogP contribution is 2.42. The van der Waals surface area contributed by atoms with Crippen LogP contribution in [0.2, 0.25) is 0 Å². The molecule has 8 aromatic rings. The maximum absolute atomic E-state index is 2.42. The zero-order valence-electron chi connectivity index (χ0n) is 28.4. The summed E-state index contributed by atoms with van der Waals surface area (Å²) < 4.78 is 0. The van der Waals surface area contributed by atoms with Crippen LogP contribution in [0, 0.1) is 0 Å². The normalized spacial score (nSPS) is 11.8. The lowest BCUT2D eigenvalue weighted by molar-refractivity contribution is 1.14. The first-order chi connectivity index (χ1) is 25.3. The Balaban J connectivity index is 1.20. The van der Waals surface area contributed by atoms with Gasteiger partial charge in [-0.15, -0.1) is 0 Å². The molecule has 242 valence electrons. The Hall–Kier alpha value is -6.44. The average molecular weight is 652 g/mol. The van der Waals surface area contributed by atoms with Crippen molar-refractivity contribution in [3.63, 3.8) is 0 Å². The lowest BCUT2D eigenvalue weighted by Gasteiger charge is -2.28. The Morgan fingerprint density at radius 3 is 1.04 bits per heavy atom. The van der Waals surface area contributed by atoms with E-state index in [-0.39, 0.29) is 0 Å². The highest BCUT2D eigenvalue weighted by atomic mass is 15.1. The van der Waals surface area contributed by atoms with Crippen LogP contribution in [-0.4, -0.2) is 0 Å². The molecule has 0 saturated heterocycles. The Morgan fingerprint density at radius 2 is 0.588 bits per heavy atom. The van der Waals surface area contributed by atoms with Gasteiger partial charge >= 0.3 is 0 Å². The van der Waals surface area contributed by atoms with Crippen LogP contribution in [0.3, 0.4) is 0 Å². The van der Waals surface area contributed by atoms with Crippen molar-refractivity contribution in [3.05, 3.63) is 222 Å². The van der Waals surface area contributed by atoms with Crippen molar-refractivity contribution in [1.29, 1.82) is 0 Å². The highest BCUT2D eigenvalue weighted by Gasteiger charge is 2.20. The smallest absolute Gasteiger partial charge is 0.0464 e. The van der Waals surface area contributed by atoms with Crippen LogP contribution in [-0.2, 0) is 12.8 Å². The predicted octanol–water partition coefficient (Wildman–Crippen LogP) is 13.3. The second-order valence-electron chi connectivity index (χ2n) is 13.3. The lowest BCUT2D eigenvalue weighted by Crippen LogP contribution is -2.11. The quantitative estimate of drug-likeness (QED) is 0.179. The standard InChI is InChI=1S/C50H37N/c1-3-13-36(14-4-1)38-23-27-44(28-24-38)51(45-29-25-39(26-30-45)37-15-5-2-6-16-37)46-31-32-50-43(35-46)34-42-19-9-11-21-48(42)47-20-10-7-17-40(47)33-41-18-8-12-22-49(41)50/h1-32,35H,33-34H2. The van der Waals surface area contributed by atoms with Crippen LogP contribution in [0.25, 0.3) is 44.5 Å². The molecule has 1 heteroatoms. The minimum Gasteiger partial charge on any atom is -0.310 e. The molecule has 1 aliphatic rings. The maximum atomic E-state index is 2.42. The topological polar surface area (TPSA) is 3.24 Å². The third-order valence-electron chi connectivity index (χ3n) is 10.2. The van der Waals surface area contributed by atoms with Crippen molar-refractivity contribution in [2.75, 3.05) is 4.90 Å². The molecule has 51 heavy (non-hydrogen) atoms. The molecule has 0 spiro atoms. The van der Waals surface area contributed by atoms with Gasteiger partial charge in [0.25, 0.3) is 0 Å². The molecule has 0 N–H and O–H groups in total. The molecule has 0 radical (unpaired) electrons. The summed E-state index contributed by atoms with van der Waals surface area (Å²) in [7, 11) is 0. The fraction of sp³-hybridized carbons (Fsp3) is 0.0400. The fourth-order valence-electron chi connectivity index (χ4n) is 7.66. The van der Waals surface area contributed by atoms with Gasteiger partial charge in [-0.25, -0.2) is 0 Å². The third kappa shape index (κ3) is 6.05. The van der Waals surface area contributed by atoms with E-state index in [1.165, 1.54) is 66.8 Å². The lowest BCUT2D eigenvalue weighted by atomic mass is 9.84. The SMILES string of the molecule is c1ccc(-c2ccc(N(c3ccc(-c4ccccc4)cc3)c3ccc4c(c3)Cc3ccccc3-c3ccccc3Cc3ccccc3-4)cc2)cc1. The number of fused-ring (bicyclic) bond motifs is 6. The van der Waals surface area contributed by atoms with Crippen LogP contribution in [0.15, 0.2) is 200 Å². The van der Waals surface area contributed by atoms with E-state index in [0.29, 0.717) is 0 Å². The predicted molar refractivity (Wildman–Crippen MR) is 215 cm³/mol. The number of benzene rings is 8. The van der Waals surface area contributed by atoms with Gasteiger partial charge < -0.3 is 4.90 Å². The van der Waals surface area contributed by atoms with E-state index < -0.39 is 0 Å². The molecular weight excluding hydrogens is 615 g/mol. The monoisotopic (exact) mass is 651 g/mol. The minimum atomic E-state index is 0.829. The van der Waals surface area contributed by atoms with Gasteiger partial charge in [0.15, 0.2) is 0 Å². The van der Waals surface area contributed by atoms with Crippen molar-refractivity contribution in [3.8, 4) is 44.5 Å². The molecule has 1 aliphatic carbocycles. The summed E-state index contributed by atoms with van der Waals surface area (Å²) in [5, 5.41) is 0. The average Bonchev–Trinajstić information content (AvgIpc) is 3.20. The molecule has 0 amide bonds. The van der Waals surface area contributed by atoms with Crippen LogP contribution < -0.4 is 4.90 Å². The summed E-state index contributed by atoms with van der Waals surface area (Å²) in [6, 6.07) is 73.1. The zero-order valence-corrected chi connectivity index (χ0v) is 28.4. The molecule has 8 aromatic carbocycles. The molecule has 0 saturated carbocycles. The van der Waals surface area contributed by atoms with Crippen molar-refractivity contribution in [2.24, 2.45) is 0 Å². The van der Waals surface area contributed by atoms with Crippen LogP contribution in [0.1, 0.15) is 22.3 Å². The summed E-state index contributed by atoms with van der Waals surface area (Å²) in [5.74, 6) is 0. The third-order valence-corrected chi connectivity index (χ3v) is 10.2. The summed E-state index contributed by atoms with van der Waals surface area (Å²) in [5.41, 5.74) is 18.8. The number of anilines is 3. The van der Waals surface area contributed by atoms with Crippen LogP contribution in [0.5, 0.6) is 0 Å². The van der Waals surface area contributed by atoms with Gasteiger partial charge in [0.2, 0.25) is 0 Å². The van der Waals surface area contributed by atoms with Crippen molar-refractivity contribution < 1.29 is 0 Å². The van der Waals surface area contributed by atoms with E-state index in [4.69, 9.17) is 0 Å². The second kappa shape index (κ2) is 13.5. The summed E-state index contributed by atoms with van der Waals surface area (Å²) >= 11 is 0. The number of hydrogen-bond donors (Lipinski definition) is 0. The van der Waals surface area contributed by atoms with Gasteiger partial charge in [-0.05, 0) is 116 Å². The maximum Gasteiger partial charge on any atom is 0.0464 e. The van der Waals surface area contributed by atoms with E-state index in [0.717, 1.165) is 29.9 Å². The van der Waals surface area contributed by atoms with Gasteiger partial charge in [0.1, 0.15) is 0 Å². The minimum absolute atomic E-state index is 0.829. The second-order valence-corrected chi connectivity index (χ2v) is 13.3. The van der Waals surface area contributed by atoms with E-state index in [9.17, 15) is 0 Å². The van der Waals surface area contributed by atoms with Gasteiger partial charge in [-0.3, -0.25) is 0 Å². The first-order valence-electron chi connectivity index (χ1n) is 17.8. The summed E-state index contributed by atoms with van der Waals surface area (Å²) in [6.07, 6.45) is 1.71. The largest absolute Gasteiger partial charge is 0.310 e. The molecule has 0 atom stereocenters. The Labute approximate surface area is 300 Å². The van der Waals surface area contributed by atoms with E-state index in [1.54, 1.807) is 0 Å². The first-order valence-corrected chi connectivity index (χ1v) is 17.8. The van der Waals surface area contributed by atoms with Gasteiger partial charge in [-0.1, -0.05) is 164 Å². The Bertz CT molecular complexity index is 2360. The number of rotatable bonds is 5. The molecule has 0 bridgehead atoms. The highest BCUT2D eigenvalue weighted by molar-refractivity contribution is 5.84. The number of hydrogen-bond acceptors (Lipinski definition) is 1. The molecular formula is C50H37N. The first kappa shape index (κ1) is 30.6. The summed E-state index contributed by atoms with van der Waals surface area (Å²) in [4.78, 5) is 2.40. The molecule has 0 aliphatic heterocycles. The Morgan fingerprint density at radius 1 is 0.255 bits per heavy atom. The number of nitrogens with zero attached hydrogens (tertiary/aromatic N) is 1. The van der Waals surface area contributed by atoms with Gasteiger partial charge in [0, 0.05) is 17.1 Å². The zero-order chi connectivity index (χ0) is 34.0. The van der Waals surface area contributed by atoms with Crippen molar-refractivity contribution in [2.45, 2.75) is 12.8 Å². The molecule has 0 fully saturated rings.